The maximum Gasteiger partial charge on any atom is 0.161 e. The van der Waals surface area contributed by atoms with Crippen molar-refractivity contribution in [2.24, 2.45) is 5.92 Å². The number of carbonyl (C=O) groups excluding carboxylic acids is 1. The molecule has 2 atom stereocenters. The van der Waals surface area contributed by atoms with Gasteiger partial charge in [-0.05, 0) is 25.2 Å². The van der Waals surface area contributed by atoms with Crippen LogP contribution in [-0.2, 0) is 4.79 Å². The van der Waals surface area contributed by atoms with E-state index in [1.54, 1.807) is 0 Å². The average Bonchev–Trinajstić information content (AvgIpc) is 2.54. The molecule has 2 N–H and O–H groups in total. The Morgan fingerprint density at radius 3 is 2.40 bits per heavy atom. The third-order valence-corrected chi connectivity index (χ3v) is 3.27. The molecule has 2 unspecified atom stereocenters. The highest BCUT2D eigenvalue weighted by Crippen LogP contribution is 2.27. The summed E-state index contributed by atoms with van der Waals surface area (Å²) in [7, 11) is 0. The second-order valence-corrected chi connectivity index (χ2v) is 4.49. The zero-order chi connectivity index (χ0) is 11.1. The minimum absolute atomic E-state index is 0.0280. The van der Waals surface area contributed by atoms with Crippen LogP contribution in [0.2, 0.25) is 0 Å². The van der Waals surface area contributed by atoms with E-state index < -0.39 is 6.10 Å². The smallest absolute Gasteiger partial charge is 0.161 e. The zero-order valence-corrected chi connectivity index (χ0v) is 9.32. The van der Waals surface area contributed by atoms with E-state index in [9.17, 15) is 9.90 Å². The second kappa shape index (κ2) is 6.96. The van der Waals surface area contributed by atoms with Gasteiger partial charge in [-0.2, -0.15) is 0 Å². The van der Waals surface area contributed by atoms with E-state index in [-0.39, 0.29) is 18.3 Å². The largest absolute Gasteiger partial charge is 0.396 e. The van der Waals surface area contributed by atoms with Crippen LogP contribution in [0.3, 0.4) is 0 Å². The SMILES string of the molecule is O=C1CCC(CCCCCCCO)C1O. The number of aliphatic hydroxyl groups is 2. The van der Waals surface area contributed by atoms with E-state index in [0.29, 0.717) is 6.42 Å². The Balaban J connectivity index is 1.98. The normalized spacial score (nSPS) is 26.1. The summed E-state index contributed by atoms with van der Waals surface area (Å²) in [6, 6.07) is 0. The van der Waals surface area contributed by atoms with Crippen molar-refractivity contribution in [1.29, 1.82) is 0 Å². The van der Waals surface area contributed by atoms with Crippen LogP contribution < -0.4 is 0 Å². The van der Waals surface area contributed by atoms with Gasteiger partial charge in [-0.25, -0.2) is 0 Å². The summed E-state index contributed by atoms with van der Waals surface area (Å²) in [5, 5.41) is 18.1. The van der Waals surface area contributed by atoms with Crippen LogP contribution in [0.5, 0.6) is 0 Å². The molecule has 0 amide bonds. The van der Waals surface area contributed by atoms with Crippen molar-refractivity contribution in [1.82, 2.24) is 0 Å². The summed E-state index contributed by atoms with van der Waals surface area (Å²) in [5.74, 6) is 0.246. The Morgan fingerprint density at radius 2 is 1.80 bits per heavy atom. The third-order valence-electron chi connectivity index (χ3n) is 3.27. The number of hydrogen-bond donors (Lipinski definition) is 2. The van der Waals surface area contributed by atoms with Crippen molar-refractivity contribution in [3.63, 3.8) is 0 Å². The minimum Gasteiger partial charge on any atom is -0.396 e. The quantitative estimate of drug-likeness (QED) is 0.634. The molecular weight excluding hydrogens is 192 g/mol. The maximum absolute atomic E-state index is 11.1. The van der Waals surface area contributed by atoms with E-state index >= 15 is 0 Å². The van der Waals surface area contributed by atoms with Crippen LogP contribution in [0, 0.1) is 5.92 Å². The molecule has 0 bridgehead atoms. The van der Waals surface area contributed by atoms with Crippen LogP contribution >= 0.6 is 0 Å². The first-order valence-electron chi connectivity index (χ1n) is 6.07. The van der Waals surface area contributed by atoms with Crippen molar-refractivity contribution in [3.8, 4) is 0 Å². The molecule has 1 fully saturated rings. The number of Topliss-reactive ketones (excluding diaryl/α,β-unsaturated/α-hetero) is 1. The molecule has 0 aliphatic heterocycles. The Kier molecular flexibility index (Phi) is 5.88. The van der Waals surface area contributed by atoms with Gasteiger partial charge in [0.25, 0.3) is 0 Å². The number of aliphatic hydroxyl groups excluding tert-OH is 2. The van der Waals surface area contributed by atoms with Gasteiger partial charge in [0.15, 0.2) is 5.78 Å². The Morgan fingerprint density at radius 1 is 1.13 bits per heavy atom. The fraction of sp³-hybridized carbons (Fsp3) is 0.917. The lowest BCUT2D eigenvalue weighted by molar-refractivity contribution is -0.125. The molecule has 0 heterocycles. The number of rotatable bonds is 7. The molecule has 1 aliphatic rings. The molecule has 0 saturated heterocycles. The highest BCUT2D eigenvalue weighted by Gasteiger charge is 2.31. The van der Waals surface area contributed by atoms with Gasteiger partial charge < -0.3 is 10.2 Å². The van der Waals surface area contributed by atoms with Gasteiger partial charge in [0.2, 0.25) is 0 Å². The molecule has 3 heteroatoms. The molecule has 1 rings (SSSR count). The van der Waals surface area contributed by atoms with Crippen molar-refractivity contribution in [2.75, 3.05) is 6.61 Å². The van der Waals surface area contributed by atoms with E-state index in [0.717, 1.165) is 44.9 Å². The highest BCUT2D eigenvalue weighted by atomic mass is 16.3. The molecule has 0 aromatic rings. The van der Waals surface area contributed by atoms with Gasteiger partial charge in [-0.3, -0.25) is 4.79 Å². The van der Waals surface area contributed by atoms with Crippen LogP contribution in [0.1, 0.15) is 51.4 Å². The van der Waals surface area contributed by atoms with Crippen LogP contribution in [0.15, 0.2) is 0 Å². The molecule has 15 heavy (non-hydrogen) atoms. The fourth-order valence-electron chi connectivity index (χ4n) is 2.25. The Bertz CT molecular complexity index is 191. The van der Waals surface area contributed by atoms with Gasteiger partial charge in [0, 0.05) is 13.0 Å². The standard InChI is InChI=1S/C12H22O3/c13-9-5-3-1-2-4-6-10-7-8-11(14)12(10)15/h10,12-13,15H,1-9H2. The summed E-state index contributed by atoms with van der Waals surface area (Å²) < 4.78 is 0. The lowest BCUT2D eigenvalue weighted by atomic mass is 9.97. The summed E-state index contributed by atoms with van der Waals surface area (Å²) in [6.07, 6.45) is 7.11. The lowest BCUT2D eigenvalue weighted by Gasteiger charge is -2.12. The van der Waals surface area contributed by atoms with Crippen molar-refractivity contribution >= 4 is 5.78 Å². The van der Waals surface area contributed by atoms with Gasteiger partial charge in [-0.15, -0.1) is 0 Å². The number of hydrogen-bond acceptors (Lipinski definition) is 3. The molecule has 1 saturated carbocycles. The van der Waals surface area contributed by atoms with E-state index in [2.05, 4.69) is 0 Å². The second-order valence-electron chi connectivity index (χ2n) is 4.49. The first-order chi connectivity index (χ1) is 7.25. The highest BCUT2D eigenvalue weighted by molar-refractivity contribution is 5.85. The maximum atomic E-state index is 11.1. The molecule has 1 aliphatic carbocycles. The summed E-state index contributed by atoms with van der Waals surface area (Å²) >= 11 is 0. The first-order valence-corrected chi connectivity index (χ1v) is 6.07. The van der Waals surface area contributed by atoms with Gasteiger partial charge >= 0.3 is 0 Å². The van der Waals surface area contributed by atoms with Crippen LogP contribution in [0.4, 0.5) is 0 Å². The lowest BCUT2D eigenvalue weighted by Crippen LogP contribution is -2.20. The third kappa shape index (κ3) is 4.31. The molecule has 3 nitrogen and oxygen atoms in total. The Labute approximate surface area is 91.5 Å². The van der Waals surface area contributed by atoms with Crippen LogP contribution in [-0.4, -0.2) is 28.7 Å². The summed E-state index contributed by atoms with van der Waals surface area (Å²) in [5.41, 5.74) is 0. The topological polar surface area (TPSA) is 57.5 Å². The Hall–Kier alpha value is -0.410. The zero-order valence-electron chi connectivity index (χ0n) is 9.32. The summed E-state index contributed by atoms with van der Waals surface area (Å²) in [4.78, 5) is 11.1. The van der Waals surface area contributed by atoms with Crippen LogP contribution in [0.25, 0.3) is 0 Å². The number of unbranched alkanes of at least 4 members (excludes halogenated alkanes) is 4. The number of ketones is 1. The van der Waals surface area contributed by atoms with Gasteiger partial charge in [0.1, 0.15) is 6.10 Å². The van der Waals surface area contributed by atoms with E-state index in [4.69, 9.17) is 5.11 Å². The average molecular weight is 214 g/mol. The van der Waals surface area contributed by atoms with E-state index in [1.807, 2.05) is 0 Å². The fourth-order valence-corrected chi connectivity index (χ4v) is 2.25. The summed E-state index contributed by atoms with van der Waals surface area (Å²) in [6.45, 7) is 0.288. The molecule has 0 spiro atoms. The van der Waals surface area contributed by atoms with E-state index in [1.165, 1.54) is 0 Å². The van der Waals surface area contributed by atoms with Crippen molar-refractivity contribution < 1.29 is 15.0 Å². The van der Waals surface area contributed by atoms with Gasteiger partial charge in [0.05, 0.1) is 0 Å². The molecule has 0 radical (unpaired) electrons. The van der Waals surface area contributed by atoms with Gasteiger partial charge in [-0.1, -0.05) is 25.7 Å². The predicted octanol–water partition coefficient (Wildman–Crippen LogP) is 1.66. The monoisotopic (exact) mass is 214 g/mol. The van der Waals surface area contributed by atoms with Crippen molar-refractivity contribution in [3.05, 3.63) is 0 Å². The van der Waals surface area contributed by atoms with Crippen molar-refractivity contribution in [2.45, 2.75) is 57.5 Å². The molecule has 0 aromatic heterocycles. The first kappa shape index (κ1) is 12.7. The number of carbonyl (C=O) groups is 1. The molecule has 0 aromatic carbocycles. The molecular formula is C12H22O3. The minimum atomic E-state index is -0.678. The molecule has 88 valence electrons. The predicted molar refractivity (Wildman–Crippen MR) is 58.5 cm³/mol.